The summed E-state index contributed by atoms with van der Waals surface area (Å²) in [5.41, 5.74) is 0.649. The van der Waals surface area contributed by atoms with E-state index >= 15 is 0 Å². The van der Waals surface area contributed by atoms with E-state index in [9.17, 15) is 9.59 Å². The van der Waals surface area contributed by atoms with E-state index in [1.807, 2.05) is 30.3 Å². The maximum absolute atomic E-state index is 12.5. The first-order chi connectivity index (χ1) is 12.0. The van der Waals surface area contributed by atoms with Gasteiger partial charge in [-0.2, -0.15) is 0 Å². The lowest BCUT2D eigenvalue weighted by atomic mass is 9.56. The molecule has 0 spiro atoms. The normalized spacial score (nSPS) is 39.6. The van der Waals surface area contributed by atoms with Crippen LogP contribution in [-0.2, 0) is 9.53 Å². The Morgan fingerprint density at radius 3 is 2.68 bits per heavy atom. The van der Waals surface area contributed by atoms with Gasteiger partial charge in [0.05, 0.1) is 5.56 Å². The molecule has 132 valence electrons. The first-order valence-electron chi connectivity index (χ1n) is 9.49. The van der Waals surface area contributed by atoms with Gasteiger partial charge in [0.2, 0.25) is 0 Å². The van der Waals surface area contributed by atoms with Crippen LogP contribution < -0.4 is 0 Å². The van der Waals surface area contributed by atoms with Gasteiger partial charge in [-0.3, -0.25) is 4.79 Å². The molecule has 0 unspecified atom stereocenters. The summed E-state index contributed by atoms with van der Waals surface area (Å²) in [4.78, 5) is 24.5. The van der Waals surface area contributed by atoms with Crippen LogP contribution in [0.1, 0.15) is 49.9 Å². The van der Waals surface area contributed by atoms with Crippen molar-refractivity contribution in [2.75, 3.05) is 0 Å². The lowest BCUT2D eigenvalue weighted by Gasteiger charge is -2.49. The van der Waals surface area contributed by atoms with Crippen molar-refractivity contribution >= 4 is 11.8 Å². The minimum absolute atomic E-state index is 0.0208. The molecule has 0 heterocycles. The lowest BCUT2D eigenvalue weighted by Crippen LogP contribution is -2.47. The van der Waals surface area contributed by atoms with Gasteiger partial charge in [0.15, 0.2) is 5.78 Å². The molecule has 25 heavy (non-hydrogen) atoms. The fourth-order valence-electron chi connectivity index (χ4n) is 5.57. The SMILES string of the molecule is C[C@H]1C(=O)C=C[C@@H]2[C@@H]1CC[C@@]1(C)[C@@H](OC(=O)c3ccccc3)CC[C@H]21. The Morgan fingerprint density at radius 1 is 1.16 bits per heavy atom. The summed E-state index contributed by atoms with van der Waals surface area (Å²) in [5, 5.41) is 0. The number of allylic oxidation sites excluding steroid dienone is 2. The highest BCUT2D eigenvalue weighted by Crippen LogP contribution is 2.59. The molecule has 3 aliphatic rings. The molecule has 2 saturated carbocycles. The van der Waals surface area contributed by atoms with Crippen molar-refractivity contribution in [3.8, 4) is 0 Å². The first-order valence-corrected chi connectivity index (χ1v) is 9.49. The van der Waals surface area contributed by atoms with Crippen molar-refractivity contribution in [1.82, 2.24) is 0 Å². The second-order valence-corrected chi connectivity index (χ2v) is 8.28. The Balaban J connectivity index is 1.54. The third-order valence-corrected chi connectivity index (χ3v) is 7.13. The number of carbonyl (C=O) groups is 2. The molecule has 0 amide bonds. The number of hydrogen-bond donors (Lipinski definition) is 0. The molecular formula is C22H26O3. The van der Waals surface area contributed by atoms with Gasteiger partial charge >= 0.3 is 5.97 Å². The molecule has 0 saturated heterocycles. The van der Waals surface area contributed by atoms with Crippen LogP contribution in [0.25, 0.3) is 0 Å². The Kier molecular flexibility index (Phi) is 4.05. The zero-order valence-corrected chi connectivity index (χ0v) is 15.0. The van der Waals surface area contributed by atoms with Crippen LogP contribution in [0.15, 0.2) is 42.5 Å². The number of hydrogen-bond acceptors (Lipinski definition) is 3. The van der Waals surface area contributed by atoms with Crippen molar-refractivity contribution in [2.24, 2.45) is 29.1 Å². The number of ether oxygens (including phenoxy) is 1. The molecule has 1 aromatic rings. The predicted molar refractivity (Wildman–Crippen MR) is 96.0 cm³/mol. The highest BCUT2D eigenvalue weighted by atomic mass is 16.5. The third kappa shape index (κ3) is 2.65. The summed E-state index contributed by atoms with van der Waals surface area (Å²) < 4.78 is 5.97. The van der Waals surface area contributed by atoms with Gasteiger partial charge in [-0.05, 0) is 61.6 Å². The Hall–Kier alpha value is -1.90. The summed E-state index contributed by atoms with van der Waals surface area (Å²) in [6.45, 7) is 4.37. The van der Waals surface area contributed by atoms with Gasteiger partial charge in [-0.15, -0.1) is 0 Å². The second-order valence-electron chi connectivity index (χ2n) is 8.28. The fourth-order valence-corrected chi connectivity index (χ4v) is 5.57. The third-order valence-electron chi connectivity index (χ3n) is 7.13. The zero-order chi connectivity index (χ0) is 17.6. The van der Waals surface area contributed by atoms with Gasteiger partial charge < -0.3 is 4.74 Å². The van der Waals surface area contributed by atoms with Crippen LogP contribution in [-0.4, -0.2) is 17.9 Å². The van der Waals surface area contributed by atoms with Gasteiger partial charge in [0.25, 0.3) is 0 Å². The smallest absolute Gasteiger partial charge is 0.338 e. The summed E-state index contributed by atoms with van der Waals surface area (Å²) in [6, 6.07) is 9.26. The average molecular weight is 338 g/mol. The largest absolute Gasteiger partial charge is 0.458 e. The summed E-state index contributed by atoms with van der Waals surface area (Å²) in [7, 11) is 0. The Labute approximate surface area is 149 Å². The van der Waals surface area contributed by atoms with Crippen LogP contribution >= 0.6 is 0 Å². The monoisotopic (exact) mass is 338 g/mol. The minimum Gasteiger partial charge on any atom is -0.458 e. The molecule has 0 bridgehead atoms. The molecule has 4 rings (SSSR count). The Bertz CT molecular complexity index is 707. The zero-order valence-electron chi connectivity index (χ0n) is 15.0. The van der Waals surface area contributed by atoms with Crippen molar-refractivity contribution in [3.63, 3.8) is 0 Å². The van der Waals surface area contributed by atoms with Crippen LogP contribution in [0.3, 0.4) is 0 Å². The number of benzene rings is 1. The van der Waals surface area contributed by atoms with E-state index in [0.717, 1.165) is 25.7 Å². The predicted octanol–water partition coefficient (Wildman–Crippen LogP) is 4.43. The van der Waals surface area contributed by atoms with E-state index in [1.165, 1.54) is 0 Å². The molecule has 0 aromatic heterocycles. The van der Waals surface area contributed by atoms with E-state index < -0.39 is 0 Å². The quantitative estimate of drug-likeness (QED) is 0.749. The highest BCUT2D eigenvalue weighted by Gasteiger charge is 2.56. The van der Waals surface area contributed by atoms with Crippen LogP contribution in [0, 0.1) is 29.1 Å². The van der Waals surface area contributed by atoms with Crippen LogP contribution in [0.5, 0.6) is 0 Å². The summed E-state index contributed by atoms with van der Waals surface area (Å²) >= 11 is 0. The lowest BCUT2D eigenvalue weighted by molar-refractivity contribution is -0.123. The maximum atomic E-state index is 12.5. The van der Waals surface area contributed by atoms with E-state index in [1.54, 1.807) is 6.08 Å². The van der Waals surface area contributed by atoms with Gasteiger partial charge in [0, 0.05) is 11.3 Å². The molecule has 0 radical (unpaired) electrons. The molecule has 3 aliphatic carbocycles. The molecule has 0 aliphatic heterocycles. The fraction of sp³-hybridized carbons (Fsp3) is 0.545. The standard InChI is InChI=1S/C22H26O3/c1-14-16-12-13-22(2)18(17(16)8-10-19(14)23)9-11-20(22)25-21(24)15-6-4-3-5-7-15/h3-8,10,14,16-18,20H,9,11-13H2,1-2H3/t14-,16-,17-,18-,20+,22-/m1/s1. The van der Waals surface area contributed by atoms with Gasteiger partial charge in [-0.25, -0.2) is 4.79 Å². The summed E-state index contributed by atoms with van der Waals surface area (Å²) in [6.07, 6.45) is 8.02. The van der Waals surface area contributed by atoms with Crippen molar-refractivity contribution in [3.05, 3.63) is 48.0 Å². The topological polar surface area (TPSA) is 43.4 Å². The van der Waals surface area contributed by atoms with Crippen molar-refractivity contribution in [2.45, 2.75) is 45.6 Å². The van der Waals surface area contributed by atoms with E-state index in [-0.39, 0.29) is 29.2 Å². The van der Waals surface area contributed by atoms with E-state index in [4.69, 9.17) is 4.74 Å². The Morgan fingerprint density at radius 2 is 1.92 bits per heavy atom. The van der Waals surface area contributed by atoms with Crippen molar-refractivity contribution in [1.29, 1.82) is 0 Å². The molecular weight excluding hydrogens is 312 g/mol. The summed E-state index contributed by atoms with van der Waals surface area (Å²) in [5.74, 6) is 1.61. The second kappa shape index (κ2) is 6.12. The highest BCUT2D eigenvalue weighted by molar-refractivity contribution is 5.92. The first kappa shape index (κ1) is 16.6. The van der Waals surface area contributed by atoms with Crippen molar-refractivity contribution < 1.29 is 14.3 Å². The number of fused-ring (bicyclic) bond motifs is 3. The maximum Gasteiger partial charge on any atom is 0.338 e. The minimum atomic E-state index is -0.211. The van der Waals surface area contributed by atoms with Gasteiger partial charge in [-0.1, -0.05) is 38.1 Å². The van der Waals surface area contributed by atoms with E-state index in [2.05, 4.69) is 19.9 Å². The molecule has 0 N–H and O–H groups in total. The number of carbonyl (C=O) groups excluding carboxylic acids is 2. The molecule has 1 aromatic carbocycles. The molecule has 3 nitrogen and oxygen atoms in total. The average Bonchev–Trinajstić information content (AvgIpc) is 2.95. The number of rotatable bonds is 2. The molecule has 2 fully saturated rings. The van der Waals surface area contributed by atoms with E-state index in [0.29, 0.717) is 23.3 Å². The number of ketones is 1. The van der Waals surface area contributed by atoms with Gasteiger partial charge in [0.1, 0.15) is 6.10 Å². The van der Waals surface area contributed by atoms with Crippen LogP contribution in [0.2, 0.25) is 0 Å². The number of esters is 1. The molecule has 6 atom stereocenters. The van der Waals surface area contributed by atoms with Crippen LogP contribution in [0.4, 0.5) is 0 Å². The molecule has 3 heteroatoms.